The fourth-order valence-electron chi connectivity index (χ4n) is 2.44. The highest BCUT2D eigenvalue weighted by Crippen LogP contribution is 2.18. The molecule has 1 N–H and O–H groups in total. The molecule has 1 heterocycles. The lowest BCUT2D eigenvalue weighted by molar-refractivity contribution is 0.599. The summed E-state index contributed by atoms with van der Waals surface area (Å²) in [5, 5.41) is 0. The second kappa shape index (κ2) is 7.44. The van der Waals surface area contributed by atoms with Crippen molar-refractivity contribution >= 4 is 15.7 Å². The van der Waals surface area contributed by atoms with Crippen molar-refractivity contribution in [2.24, 2.45) is 0 Å². The molecule has 0 saturated heterocycles. The summed E-state index contributed by atoms with van der Waals surface area (Å²) in [5.41, 5.74) is 2.47. The first-order valence-corrected chi connectivity index (χ1v) is 9.28. The summed E-state index contributed by atoms with van der Waals surface area (Å²) < 4.78 is 40.2. The summed E-state index contributed by atoms with van der Waals surface area (Å²) in [7, 11) is -3.74. The van der Waals surface area contributed by atoms with E-state index in [1.54, 1.807) is 24.4 Å². The van der Waals surface area contributed by atoms with E-state index in [-0.39, 0.29) is 4.90 Å². The molecule has 128 valence electrons. The van der Waals surface area contributed by atoms with Gasteiger partial charge in [-0.05, 0) is 66.9 Å². The summed E-state index contributed by atoms with van der Waals surface area (Å²) in [5.74, 6) is -0.476. The van der Waals surface area contributed by atoms with Crippen LogP contribution in [0.1, 0.15) is 11.3 Å². The Morgan fingerprint density at radius 3 is 2.44 bits per heavy atom. The average Bonchev–Trinajstić information content (AvgIpc) is 2.61. The van der Waals surface area contributed by atoms with Crippen LogP contribution in [-0.4, -0.2) is 13.4 Å². The van der Waals surface area contributed by atoms with E-state index in [2.05, 4.69) is 9.71 Å². The Morgan fingerprint density at radius 1 is 0.920 bits per heavy atom. The van der Waals surface area contributed by atoms with Crippen LogP contribution < -0.4 is 4.72 Å². The Morgan fingerprint density at radius 2 is 1.72 bits per heavy atom. The molecule has 3 rings (SSSR count). The predicted molar refractivity (Wildman–Crippen MR) is 95.3 cm³/mol. The first-order chi connectivity index (χ1) is 12.0. The van der Waals surface area contributed by atoms with Gasteiger partial charge in [-0.25, -0.2) is 12.8 Å². The van der Waals surface area contributed by atoms with Crippen molar-refractivity contribution in [3.63, 3.8) is 0 Å². The van der Waals surface area contributed by atoms with E-state index in [0.717, 1.165) is 36.2 Å². The van der Waals surface area contributed by atoms with Gasteiger partial charge in [0, 0.05) is 17.6 Å². The SMILES string of the molecule is O=S(=O)(Nc1cccc(CCc2ccccn2)c1)c1ccc(F)cc1. The first kappa shape index (κ1) is 17.1. The number of nitrogens with zero attached hydrogens (tertiary/aromatic N) is 1. The summed E-state index contributed by atoms with van der Waals surface area (Å²) in [6.07, 6.45) is 3.28. The van der Waals surface area contributed by atoms with Crippen molar-refractivity contribution < 1.29 is 12.8 Å². The average molecular weight is 356 g/mol. The molecule has 0 bridgehead atoms. The first-order valence-electron chi connectivity index (χ1n) is 7.80. The van der Waals surface area contributed by atoms with Crippen LogP contribution in [0.4, 0.5) is 10.1 Å². The Balaban J connectivity index is 1.72. The highest BCUT2D eigenvalue weighted by molar-refractivity contribution is 7.92. The quantitative estimate of drug-likeness (QED) is 0.731. The van der Waals surface area contributed by atoms with Gasteiger partial charge in [-0.15, -0.1) is 0 Å². The van der Waals surface area contributed by atoms with Crippen LogP contribution in [0.3, 0.4) is 0 Å². The van der Waals surface area contributed by atoms with Crippen molar-refractivity contribution in [2.75, 3.05) is 4.72 Å². The van der Waals surface area contributed by atoms with E-state index in [4.69, 9.17) is 0 Å². The molecule has 0 amide bonds. The largest absolute Gasteiger partial charge is 0.280 e. The van der Waals surface area contributed by atoms with Crippen LogP contribution in [0.15, 0.2) is 77.8 Å². The van der Waals surface area contributed by atoms with Crippen molar-refractivity contribution in [1.29, 1.82) is 0 Å². The minimum atomic E-state index is -3.74. The van der Waals surface area contributed by atoms with Crippen LogP contribution in [-0.2, 0) is 22.9 Å². The van der Waals surface area contributed by atoms with E-state index < -0.39 is 15.8 Å². The fraction of sp³-hybridized carbons (Fsp3) is 0.105. The van der Waals surface area contributed by atoms with E-state index in [0.29, 0.717) is 5.69 Å². The number of pyridine rings is 1. The number of benzene rings is 2. The third-order valence-corrected chi connectivity index (χ3v) is 5.10. The third kappa shape index (κ3) is 4.64. The monoisotopic (exact) mass is 356 g/mol. The molecule has 0 unspecified atom stereocenters. The molecule has 0 spiro atoms. The minimum Gasteiger partial charge on any atom is -0.280 e. The molecule has 4 nitrogen and oxygen atoms in total. The summed E-state index contributed by atoms with van der Waals surface area (Å²) in [6.45, 7) is 0. The number of anilines is 1. The molecule has 0 radical (unpaired) electrons. The zero-order valence-electron chi connectivity index (χ0n) is 13.4. The van der Waals surface area contributed by atoms with Crippen LogP contribution in [0, 0.1) is 5.82 Å². The van der Waals surface area contributed by atoms with Crippen LogP contribution in [0.25, 0.3) is 0 Å². The van der Waals surface area contributed by atoms with Gasteiger partial charge < -0.3 is 0 Å². The third-order valence-electron chi connectivity index (χ3n) is 3.70. The van der Waals surface area contributed by atoms with E-state index in [9.17, 15) is 12.8 Å². The van der Waals surface area contributed by atoms with Gasteiger partial charge in [0.1, 0.15) is 5.82 Å². The molecule has 2 aromatic carbocycles. The van der Waals surface area contributed by atoms with Gasteiger partial charge in [0.25, 0.3) is 10.0 Å². The Hall–Kier alpha value is -2.73. The van der Waals surface area contributed by atoms with Crippen molar-refractivity contribution in [3.05, 3.63) is 90.0 Å². The molecular formula is C19H17FN2O2S. The lowest BCUT2D eigenvalue weighted by Gasteiger charge is -2.10. The Labute approximate surface area is 146 Å². The number of aromatic nitrogens is 1. The lowest BCUT2D eigenvalue weighted by Crippen LogP contribution is -2.13. The molecule has 0 aliphatic heterocycles. The Kier molecular flexibility index (Phi) is 5.09. The van der Waals surface area contributed by atoms with Crippen LogP contribution >= 0.6 is 0 Å². The topological polar surface area (TPSA) is 59.1 Å². The number of halogens is 1. The standard InChI is InChI=1S/C19H17FN2O2S/c20-16-8-11-19(12-9-16)25(23,24)22-18-6-3-4-15(14-18)7-10-17-5-1-2-13-21-17/h1-6,8-9,11-14,22H,7,10H2. The summed E-state index contributed by atoms with van der Waals surface area (Å²) in [6, 6.07) is 17.7. The van der Waals surface area contributed by atoms with Crippen LogP contribution in [0.2, 0.25) is 0 Å². The second-order valence-corrected chi connectivity index (χ2v) is 7.26. The molecular weight excluding hydrogens is 339 g/mol. The van der Waals surface area contributed by atoms with Crippen molar-refractivity contribution in [1.82, 2.24) is 4.98 Å². The smallest absolute Gasteiger partial charge is 0.261 e. The van der Waals surface area contributed by atoms with E-state index >= 15 is 0 Å². The van der Waals surface area contributed by atoms with E-state index in [1.807, 2.05) is 24.3 Å². The zero-order valence-corrected chi connectivity index (χ0v) is 14.2. The highest BCUT2D eigenvalue weighted by Gasteiger charge is 2.14. The number of nitrogens with one attached hydrogen (secondary N) is 1. The number of hydrogen-bond donors (Lipinski definition) is 1. The van der Waals surface area contributed by atoms with Crippen molar-refractivity contribution in [2.45, 2.75) is 17.7 Å². The molecule has 3 aromatic rings. The molecule has 0 fully saturated rings. The minimum absolute atomic E-state index is 0.0211. The number of sulfonamides is 1. The maximum Gasteiger partial charge on any atom is 0.261 e. The molecule has 0 saturated carbocycles. The van der Waals surface area contributed by atoms with Gasteiger partial charge in [0.2, 0.25) is 0 Å². The number of rotatable bonds is 6. The fourth-order valence-corrected chi connectivity index (χ4v) is 3.49. The highest BCUT2D eigenvalue weighted by atomic mass is 32.2. The van der Waals surface area contributed by atoms with Gasteiger partial charge in [0.15, 0.2) is 0 Å². The molecule has 25 heavy (non-hydrogen) atoms. The Bertz CT molecular complexity index is 943. The lowest BCUT2D eigenvalue weighted by atomic mass is 10.1. The van der Waals surface area contributed by atoms with Gasteiger partial charge >= 0.3 is 0 Å². The van der Waals surface area contributed by atoms with Crippen LogP contribution in [0.5, 0.6) is 0 Å². The van der Waals surface area contributed by atoms with Gasteiger partial charge in [-0.1, -0.05) is 18.2 Å². The molecule has 0 atom stereocenters. The van der Waals surface area contributed by atoms with Gasteiger partial charge in [0.05, 0.1) is 4.90 Å². The molecule has 1 aromatic heterocycles. The number of aryl methyl sites for hydroxylation is 2. The maximum absolute atomic E-state index is 13.0. The molecule has 6 heteroatoms. The number of hydrogen-bond acceptors (Lipinski definition) is 3. The van der Waals surface area contributed by atoms with Gasteiger partial charge in [-0.2, -0.15) is 0 Å². The zero-order chi connectivity index (χ0) is 17.7. The molecule has 0 aliphatic carbocycles. The normalized spacial score (nSPS) is 11.2. The second-order valence-electron chi connectivity index (χ2n) is 5.58. The summed E-state index contributed by atoms with van der Waals surface area (Å²) >= 11 is 0. The van der Waals surface area contributed by atoms with E-state index in [1.165, 1.54) is 12.1 Å². The van der Waals surface area contributed by atoms with Gasteiger partial charge in [-0.3, -0.25) is 9.71 Å². The maximum atomic E-state index is 13.0. The van der Waals surface area contributed by atoms with Crippen molar-refractivity contribution in [3.8, 4) is 0 Å². The molecule has 0 aliphatic rings. The summed E-state index contributed by atoms with van der Waals surface area (Å²) in [4.78, 5) is 4.30. The predicted octanol–water partition coefficient (Wildman–Crippen LogP) is 3.81.